The van der Waals surface area contributed by atoms with Crippen molar-refractivity contribution in [1.82, 2.24) is 20.2 Å². The highest BCUT2D eigenvalue weighted by atomic mass is 35.5. The van der Waals surface area contributed by atoms with Crippen LogP contribution in [0.2, 0.25) is 5.02 Å². The molecule has 0 radical (unpaired) electrons. The van der Waals surface area contributed by atoms with Gasteiger partial charge in [0.25, 0.3) is 5.22 Å². The van der Waals surface area contributed by atoms with Crippen LogP contribution in [-0.4, -0.2) is 25.9 Å². The number of aromatic amines is 1. The van der Waals surface area contributed by atoms with Crippen LogP contribution >= 0.6 is 23.4 Å². The van der Waals surface area contributed by atoms with E-state index in [0.29, 0.717) is 16.1 Å². The van der Waals surface area contributed by atoms with E-state index < -0.39 is 0 Å². The van der Waals surface area contributed by atoms with Crippen LogP contribution in [0, 0.1) is 0 Å². The molecule has 2 aromatic carbocycles. The van der Waals surface area contributed by atoms with E-state index in [4.69, 9.17) is 16.0 Å². The molecule has 124 valence electrons. The third kappa shape index (κ3) is 3.31. The van der Waals surface area contributed by atoms with Crippen LogP contribution in [0.5, 0.6) is 0 Å². The summed E-state index contributed by atoms with van der Waals surface area (Å²) in [6.07, 6.45) is 1.80. The Morgan fingerprint density at radius 2 is 1.92 bits per heavy atom. The molecule has 2 heterocycles. The maximum absolute atomic E-state index is 6.02. The van der Waals surface area contributed by atoms with Gasteiger partial charge in [-0.05, 0) is 30.3 Å². The summed E-state index contributed by atoms with van der Waals surface area (Å²) in [5.74, 6) is 2.02. The van der Waals surface area contributed by atoms with Crippen LogP contribution in [0.4, 0.5) is 0 Å². The SMILES string of the molecule is C=CCSc1nnc(-c2ccc(-c3nc4ccc(Cl)cc4[nH]3)cc2)o1. The molecule has 2 aromatic heterocycles. The smallest absolute Gasteiger partial charge is 0.277 e. The van der Waals surface area contributed by atoms with Crippen molar-refractivity contribution in [2.24, 2.45) is 0 Å². The number of rotatable bonds is 5. The largest absolute Gasteiger partial charge is 0.411 e. The second-order valence-corrected chi connectivity index (χ2v) is 6.70. The van der Waals surface area contributed by atoms with E-state index >= 15 is 0 Å². The Kier molecular flexibility index (Phi) is 4.29. The van der Waals surface area contributed by atoms with Crippen molar-refractivity contribution in [3.63, 3.8) is 0 Å². The Bertz CT molecular complexity index is 1040. The molecule has 0 bridgehead atoms. The molecule has 0 saturated heterocycles. The Morgan fingerprint density at radius 1 is 1.12 bits per heavy atom. The van der Waals surface area contributed by atoms with Crippen molar-refractivity contribution in [3.8, 4) is 22.8 Å². The van der Waals surface area contributed by atoms with Crippen molar-refractivity contribution < 1.29 is 4.42 Å². The van der Waals surface area contributed by atoms with Gasteiger partial charge in [-0.15, -0.1) is 16.8 Å². The summed E-state index contributed by atoms with van der Waals surface area (Å²) in [6.45, 7) is 3.67. The molecule has 0 aliphatic carbocycles. The first-order valence-corrected chi connectivity index (χ1v) is 8.92. The predicted octanol–water partition coefficient (Wildman–Crippen LogP) is 5.21. The highest BCUT2D eigenvalue weighted by molar-refractivity contribution is 7.99. The number of halogens is 1. The van der Waals surface area contributed by atoms with Crippen molar-refractivity contribution in [2.45, 2.75) is 5.22 Å². The summed E-state index contributed by atoms with van der Waals surface area (Å²) in [6, 6.07) is 13.4. The second kappa shape index (κ2) is 6.74. The Hall–Kier alpha value is -2.57. The molecule has 0 spiro atoms. The van der Waals surface area contributed by atoms with E-state index in [2.05, 4.69) is 26.7 Å². The lowest BCUT2D eigenvalue weighted by Gasteiger charge is -1.98. The summed E-state index contributed by atoms with van der Waals surface area (Å²) in [5, 5.41) is 9.31. The summed E-state index contributed by atoms with van der Waals surface area (Å²) < 4.78 is 5.63. The zero-order valence-electron chi connectivity index (χ0n) is 13.1. The summed E-state index contributed by atoms with van der Waals surface area (Å²) >= 11 is 7.47. The van der Waals surface area contributed by atoms with Crippen LogP contribution in [-0.2, 0) is 0 Å². The number of nitrogens with zero attached hydrogens (tertiary/aromatic N) is 3. The number of fused-ring (bicyclic) bond motifs is 1. The molecule has 0 saturated carbocycles. The van der Waals surface area contributed by atoms with Crippen LogP contribution in [0.3, 0.4) is 0 Å². The fraction of sp³-hybridized carbons (Fsp3) is 0.0556. The third-order valence-electron chi connectivity index (χ3n) is 3.58. The molecule has 4 aromatic rings. The fourth-order valence-corrected chi connectivity index (χ4v) is 3.07. The lowest BCUT2D eigenvalue weighted by molar-refractivity contribution is 0.466. The van der Waals surface area contributed by atoms with E-state index in [9.17, 15) is 0 Å². The molecule has 0 amide bonds. The van der Waals surface area contributed by atoms with Gasteiger partial charge >= 0.3 is 0 Å². The average Bonchev–Trinajstić information content (AvgIpc) is 3.26. The van der Waals surface area contributed by atoms with E-state index in [1.54, 1.807) is 6.08 Å². The highest BCUT2D eigenvalue weighted by Gasteiger charge is 2.10. The monoisotopic (exact) mass is 368 g/mol. The van der Waals surface area contributed by atoms with Crippen LogP contribution in [0.15, 0.2) is 64.8 Å². The minimum atomic E-state index is 0.495. The van der Waals surface area contributed by atoms with Gasteiger partial charge in [0.15, 0.2) is 0 Å². The quantitative estimate of drug-likeness (QED) is 0.387. The van der Waals surface area contributed by atoms with Gasteiger partial charge in [-0.2, -0.15) is 0 Å². The highest BCUT2D eigenvalue weighted by Crippen LogP contribution is 2.27. The number of aromatic nitrogens is 4. The lowest BCUT2D eigenvalue weighted by atomic mass is 10.1. The number of nitrogens with one attached hydrogen (secondary N) is 1. The zero-order valence-corrected chi connectivity index (χ0v) is 14.6. The Morgan fingerprint density at radius 3 is 2.72 bits per heavy atom. The van der Waals surface area contributed by atoms with Crippen LogP contribution in [0.25, 0.3) is 33.9 Å². The first-order chi connectivity index (χ1) is 12.2. The molecule has 7 heteroatoms. The van der Waals surface area contributed by atoms with Gasteiger partial charge in [-0.1, -0.05) is 41.6 Å². The van der Waals surface area contributed by atoms with Gasteiger partial charge in [-0.25, -0.2) is 4.98 Å². The minimum absolute atomic E-state index is 0.495. The Labute approximate surface area is 153 Å². The molecule has 0 aliphatic rings. The molecular formula is C18H13ClN4OS. The third-order valence-corrected chi connectivity index (χ3v) is 4.63. The van der Waals surface area contributed by atoms with Crippen LogP contribution < -0.4 is 0 Å². The van der Waals surface area contributed by atoms with E-state index in [0.717, 1.165) is 33.7 Å². The summed E-state index contributed by atoms with van der Waals surface area (Å²) in [7, 11) is 0. The molecule has 0 fully saturated rings. The first kappa shape index (κ1) is 15.9. The topological polar surface area (TPSA) is 67.6 Å². The van der Waals surface area contributed by atoms with E-state index in [-0.39, 0.29) is 0 Å². The Balaban J connectivity index is 1.60. The van der Waals surface area contributed by atoms with Gasteiger partial charge in [0.2, 0.25) is 5.89 Å². The fourth-order valence-electron chi connectivity index (χ4n) is 2.40. The molecule has 25 heavy (non-hydrogen) atoms. The molecule has 4 rings (SSSR count). The second-order valence-electron chi connectivity index (χ2n) is 5.30. The van der Waals surface area contributed by atoms with Crippen molar-refractivity contribution >= 4 is 34.4 Å². The standard InChI is InChI=1S/C18H13ClN4OS/c1-2-9-25-18-23-22-17(24-18)12-5-3-11(4-6-12)16-20-14-8-7-13(19)10-15(14)21-16/h2-8,10H,1,9H2,(H,20,21). The number of H-pyrrole nitrogens is 1. The molecule has 1 N–H and O–H groups in total. The summed E-state index contributed by atoms with van der Waals surface area (Å²) in [4.78, 5) is 7.87. The van der Waals surface area contributed by atoms with Gasteiger partial charge in [-0.3, -0.25) is 0 Å². The van der Waals surface area contributed by atoms with Crippen molar-refractivity contribution in [2.75, 3.05) is 5.75 Å². The van der Waals surface area contributed by atoms with E-state index in [1.165, 1.54) is 11.8 Å². The molecule has 5 nitrogen and oxygen atoms in total. The molecular weight excluding hydrogens is 356 g/mol. The number of hydrogen-bond donors (Lipinski definition) is 1. The maximum atomic E-state index is 6.02. The number of hydrogen-bond acceptors (Lipinski definition) is 5. The van der Waals surface area contributed by atoms with Crippen molar-refractivity contribution in [3.05, 3.63) is 60.1 Å². The number of thioether (sulfide) groups is 1. The molecule has 0 aliphatic heterocycles. The van der Waals surface area contributed by atoms with Gasteiger partial charge in [0, 0.05) is 21.9 Å². The zero-order chi connectivity index (χ0) is 17.2. The predicted molar refractivity (Wildman–Crippen MR) is 101 cm³/mol. The minimum Gasteiger partial charge on any atom is -0.411 e. The number of benzene rings is 2. The van der Waals surface area contributed by atoms with E-state index in [1.807, 2.05) is 42.5 Å². The summed E-state index contributed by atoms with van der Waals surface area (Å²) in [5.41, 5.74) is 3.62. The van der Waals surface area contributed by atoms with Gasteiger partial charge in [0.05, 0.1) is 11.0 Å². The molecule has 0 atom stereocenters. The molecule has 0 unspecified atom stereocenters. The first-order valence-electron chi connectivity index (χ1n) is 7.56. The maximum Gasteiger partial charge on any atom is 0.277 e. The van der Waals surface area contributed by atoms with Gasteiger partial charge < -0.3 is 9.40 Å². The normalized spacial score (nSPS) is 11.1. The number of imidazole rings is 1. The van der Waals surface area contributed by atoms with Gasteiger partial charge in [0.1, 0.15) is 5.82 Å². The van der Waals surface area contributed by atoms with Crippen molar-refractivity contribution in [1.29, 1.82) is 0 Å². The lowest BCUT2D eigenvalue weighted by Crippen LogP contribution is -1.82. The van der Waals surface area contributed by atoms with Crippen LogP contribution in [0.1, 0.15) is 0 Å². The average molecular weight is 369 g/mol.